The molecule has 1 heterocycles. The lowest BCUT2D eigenvalue weighted by molar-refractivity contribution is 0.114. The molecule has 0 bridgehead atoms. The van der Waals surface area contributed by atoms with Gasteiger partial charge in [0.2, 0.25) is 0 Å². The lowest BCUT2D eigenvalue weighted by atomic mass is 10.2. The van der Waals surface area contributed by atoms with Crippen LogP contribution in [0.5, 0.6) is 5.75 Å². The molecule has 0 aliphatic carbocycles. The van der Waals surface area contributed by atoms with Crippen LogP contribution in [0.4, 0.5) is 0 Å². The van der Waals surface area contributed by atoms with Gasteiger partial charge in [-0.25, -0.2) is 4.99 Å². The van der Waals surface area contributed by atoms with Crippen molar-refractivity contribution in [1.82, 2.24) is 5.32 Å². The Morgan fingerprint density at radius 2 is 2.45 bits per heavy atom. The molecule has 6 heteroatoms. The molecular weight excluding hydrogens is 322 g/mol. The second-order valence-electron chi connectivity index (χ2n) is 4.69. The lowest BCUT2D eigenvalue weighted by Crippen LogP contribution is -2.37. The Hall–Kier alpha value is -1.27. The summed E-state index contributed by atoms with van der Waals surface area (Å²) in [5.74, 6) is 1.26. The fraction of sp³-hybridized carbons (Fsp3) is 0.500. The molecule has 5 nitrogen and oxygen atoms in total. The highest BCUT2D eigenvalue weighted by Crippen LogP contribution is 2.25. The fourth-order valence-corrected chi connectivity index (χ4v) is 2.65. The molecule has 1 saturated heterocycles. The monoisotopic (exact) mass is 341 g/mol. The summed E-state index contributed by atoms with van der Waals surface area (Å²) in [6.45, 7) is 2.11. The highest BCUT2D eigenvalue weighted by Gasteiger charge is 2.14. The first kappa shape index (κ1) is 15.1. The van der Waals surface area contributed by atoms with Crippen molar-refractivity contribution in [2.24, 2.45) is 10.7 Å². The van der Waals surface area contributed by atoms with Crippen molar-refractivity contribution < 1.29 is 9.47 Å². The zero-order valence-electron chi connectivity index (χ0n) is 11.6. The minimum absolute atomic E-state index is 0.263. The Morgan fingerprint density at radius 1 is 1.60 bits per heavy atom. The maximum atomic E-state index is 5.84. The normalized spacial score (nSPS) is 19.1. The third-order valence-corrected chi connectivity index (χ3v) is 3.80. The van der Waals surface area contributed by atoms with Crippen molar-refractivity contribution in [3.8, 4) is 5.75 Å². The van der Waals surface area contributed by atoms with E-state index in [1.807, 2.05) is 18.2 Å². The third kappa shape index (κ3) is 4.38. The number of benzene rings is 1. The maximum Gasteiger partial charge on any atom is 0.189 e. The fourth-order valence-electron chi connectivity index (χ4n) is 2.06. The van der Waals surface area contributed by atoms with Gasteiger partial charge >= 0.3 is 0 Å². The molecule has 1 aromatic carbocycles. The third-order valence-electron chi connectivity index (χ3n) is 3.18. The predicted octanol–water partition coefficient (Wildman–Crippen LogP) is 2.04. The first-order chi connectivity index (χ1) is 9.69. The van der Waals surface area contributed by atoms with Gasteiger partial charge in [0.05, 0.1) is 24.2 Å². The number of hydrogen-bond acceptors (Lipinski definition) is 3. The summed E-state index contributed by atoms with van der Waals surface area (Å²) in [5.41, 5.74) is 6.91. The van der Waals surface area contributed by atoms with Gasteiger partial charge in [-0.2, -0.15) is 0 Å². The zero-order chi connectivity index (χ0) is 14.4. The van der Waals surface area contributed by atoms with Gasteiger partial charge in [0.15, 0.2) is 5.96 Å². The van der Waals surface area contributed by atoms with E-state index in [1.54, 1.807) is 7.11 Å². The van der Waals surface area contributed by atoms with Crippen molar-refractivity contribution in [2.75, 3.05) is 20.3 Å². The molecule has 0 spiro atoms. The Balaban J connectivity index is 1.82. The summed E-state index contributed by atoms with van der Waals surface area (Å²) in [7, 11) is 1.64. The molecule has 3 N–H and O–H groups in total. The number of ether oxygens (including phenoxy) is 2. The van der Waals surface area contributed by atoms with E-state index in [0.717, 1.165) is 41.8 Å². The molecule has 20 heavy (non-hydrogen) atoms. The molecule has 0 saturated carbocycles. The van der Waals surface area contributed by atoms with Crippen LogP contribution >= 0.6 is 15.9 Å². The minimum atomic E-state index is 0.263. The molecular formula is C14H20BrN3O2. The van der Waals surface area contributed by atoms with Gasteiger partial charge in [-0.1, -0.05) is 6.07 Å². The zero-order valence-corrected chi connectivity index (χ0v) is 13.1. The summed E-state index contributed by atoms with van der Waals surface area (Å²) in [6, 6.07) is 5.86. The molecule has 0 radical (unpaired) electrons. The number of nitrogens with zero attached hydrogens (tertiary/aromatic N) is 1. The smallest absolute Gasteiger partial charge is 0.189 e. The second kappa shape index (κ2) is 7.50. The van der Waals surface area contributed by atoms with Crippen LogP contribution in [0.25, 0.3) is 0 Å². The number of hydrogen-bond donors (Lipinski definition) is 2. The van der Waals surface area contributed by atoms with Crippen molar-refractivity contribution in [2.45, 2.75) is 25.5 Å². The van der Waals surface area contributed by atoms with Gasteiger partial charge in [-0.15, -0.1) is 0 Å². The van der Waals surface area contributed by atoms with Gasteiger partial charge < -0.3 is 20.5 Å². The number of rotatable bonds is 5. The van der Waals surface area contributed by atoms with E-state index in [2.05, 4.69) is 26.2 Å². The van der Waals surface area contributed by atoms with Gasteiger partial charge in [0.25, 0.3) is 0 Å². The molecule has 1 aliphatic heterocycles. The minimum Gasteiger partial charge on any atom is -0.496 e. The van der Waals surface area contributed by atoms with Gasteiger partial charge in [0, 0.05) is 13.2 Å². The standard InChI is InChI=1S/C14H20BrN3O2/c1-19-13-5-4-10(7-12(13)15)8-17-14(16)18-9-11-3-2-6-20-11/h4-5,7,11H,2-3,6,8-9H2,1H3,(H3,16,17,18). The van der Waals surface area contributed by atoms with Crippen molar-refractivity contribution >= 4 is 21.9 Å². The molecule has 1 atom stereocenters. The average Bonchev–Trinajstić information content (AvgIpc) is 2.96. The van der Waals surface area contributed by atoms with Crippen LogP contribution in [0.3, 0.4) is 0 Å². The number of nitrogens with two attached hydrogens (primary N) is 1. The van der Waals surface area contributed by atoms with Crippen molar-refractivity contribution in [3.63, 3.8) is 0 Å². The van der Waals surface area contributed by atoms with E-state index >= 15 is 0 Å². The number of guanidine groups is 1. The summed E-state index contributed by atoms with van der Waals surface area (Å²) >= 11 is 3.45. The Bertz CT molecular complexity index is 473. The molecule has 0 amide bonds. The van der Waals surface area contributed by atoms with Crippen LogP contribution in [-0.4, -0.2) is 32.3 Å². The first-order valence-corrected chi connectivity index (χ1v) is 7.46. The Kier molecular flexibility index (Phi) is 5.67. The highest BCUT2D eigenvalue weighted by molar-refractivity contribution is 9.10. The number of nitrogens with one attached hydrogen (secondary N) is 1. The quantitative estimate of drug-likeness (QED) is 0.635. The largest absolute Gasteiger partial charge is 0.496 e. The topological polar surface area (TPSA) is 68.9 Å². The van der Waals surface area contributed by atoms with Gasteiger partial charge in [0.1, 0.15) is 5.75 Å². The van der Waals surface area contributed by atoms with Crippen LogP contribution in [0.1, 0.15) is 18.4 Å². The summed E-state index contributed by atoms with van der Waals surface area (Å²) in [4.78, 5) is 4.32. The van der Waals surface area contributed by atoms with Crippen LogP contribution < -0.4 is 15.8 Å². The summed E-state index contributed by atoms with van der Waals surface area (Å²) < 4.78 is 11.6. The summed E-state index contributed by atoms with van der Waals surface area (Å²) in [6.07, 6.45) is 2.48. The number of halogens is 1. The van der Waals surface area contributed by atoms with E-state index in [-0.39, 0.29) is 6.10 Å². The first-order valence-electron chi connectivity index (χ1n) is 6.67. The van der Waals surface area contributed by atoms with Gasteiger partial charge in [-0.3, -0.25) is 0 Å². The lowest BCUT2D eigenvalue weighted by Gasteiger charge is -2.11. The number of aliphatic imine (C=N–C) groups is 1. The van der Waals surface area contributed by atoms with E-state index < -0.39 is 0 Å². The Labute approximate surface area is 127 Å². The maximum absolute atomic E-state index is 5.84. The predicted molar refractivity (Wildman–Crippen MR) is 83.0 cm³/mol. The number of methoxy groups -OCH3 is 1. The Morgan fingerprint density at radius 3 is 3.10 bits per heavy atom. The van der Waals surface area contributed by atoms with Crippen LogP contribution in [0.2, 0.25) is 0 Å². The van der Waals surface area contributed by atoms with Crippen molar-refractivity contribution in [3.05, 3.63) is 28.2 Å². The molecule has 1 aliphatic rings. The molecule has 2 rings (SSSR count). The molecule has 1 unspecified atom stereocenters. The van der Waals surface area contributed by atoms with E-state index in [9.17, 15) is 0 Å². The van der Waals surface area contributed by atoms with Gasteiger partial charge in [-0.05, 0) is 46.5 Å². The second-order valence-corrected chi connectivity index (χ2v) is 5.54. The van der Waals surface area contributed by atoms with Crippen LogP contribution in [0.15, 0.2) is 27.7 Å². The highest BCUT2D eigenvalue weighted by atomic mass is 79.9. The molecule has 1 fully saturated rings. The molecule has 0 aromatic heterocycles. The van der Waals surface area contributed by atoms with E-state index in [4.69, 9.17) is 15.2 Å². The van der Waals surface area contributed by atoms with Crippen LogP contribution in [0, 0.1) is 0 Å². The van der Waals surface area contributed by atoms with E-state index in [1.165, 1.54) is 0 Å². The molecule has 110 valence electrons. The van der Waals surface area contributed by atoms with Crippen molar-refractivity contribution in [1.29, 1.82) is 0 Å². The average molecular weight is 342 g/mol. The molecule has 1 aromatic rings. The SMILES string of the molecule is COc1ccc(CN=C(N)NCC2CCCO2)cc1Br. The summed E-state index contributed by atoms with van der Waals surface area (Å²) in [5, 5.41) is 3.10. The van der Waals surface area contributed by atoms with Crippen LogP contribution in [-0.2, 0) is 11.3 Å². The van der Waals surface area contributed by atoms with E-state index in [0.29, 0.717) is 12.5 Å².